The number of nitrogens with zero attached hydrogens (tertiary/aromatic N) is 1. The maximum atomic E-state index is 14.1. The third kappa shape index (κ3) is 6.58. The number of para-hydroxylation sites is 1. The fraction of sp³-hybridized carbons (Fsp3) is 0.333. The Morgan fingerprint density at radius 2 is 1.67 bits per heavy atom. The molecular formula is C30H33FN2O3. The third-order valence-corrected chi connectivity index (χ3v) is 6.70. The summed E-state index contributed by atoms with van der Waals surface area (Å²) in [7, 11) is 0. The highest BCUT2D eigenvalue weighted by molar-refractivity contribution is 5.97. The van der Waals surface area contributed by atoms with Crippen LogP contribution in [0.15, 0.2) is 84.9 Å². The molecule has 0 aromatic heterocycles. The fourth-order valence-electron chi connectivity index (χ4n) is 4.82. The standard InChI is InChI=1S/C30H33FN2O3/c1-2-11-22-18-19-33(20-27(34)25-16-9-10-17-26(25)31)21-28(22)36-30(35)29(23-12-5-3-6-13-23)32-24-14-7-4-8-15-24/h3-10,12-17,22,28-29,32H,2,11,18-21H2,1H3. The highest BCUT2D eigenvalue weighted by Crippen LogP contribution is 2.28. The Hall–Kier alpha value is -3.51. The average molecular weight is 489 g/mol. The van der Waals surface area contributed by atoms with Crippen molar-refractivity contribution >= 4 is 17.4 Å². The van der Waals surface area contributed by atoms with Gasteiger partial charge in [0.25, 0.3) is 0 Å². The zero-order chi connectivity index (χ0) is 25.3. The van der Waals surface area contributed by atoms with E-state index < -0.39 is 11.9 Å². The van der Waals surface area contributed by atoms with Crippen LogP contribution in [-0.2, 0) is 9.53 Å². The summed E-state index contributed by atoms with van der Waals surface area (Å²) in [5.74, 6) is -0.908. The van der Waals surface area contributed by atoms with E-state index in [-0.39, 0.29) is 35.9 Å². The van der Waals surface area contributed by atoms with E-state index in [0.717, 1.165) is 30.5 Å². The topological polar surface area (TPSA) is 58.6 Å². The van der Waals surface area contributed by atoms with Gasteiger partial charge in [-0.2, -0.15) is 0 Å². The lowest BCUT2D eigenvalue weighted by atomic mass is 9.89. The number of anilines is 1. The lowest BCUT2D eigenvalue weighted by Crippen LogP contribution is -2.48. The summed E-state index contributed by atoms with van der Waals surface area (Å²) >= 11 is 0. The molecule has 0 aliphatic carbocycles. The van der Waals surface area contributed by atoms with E-state index in [0.29, 0.717) is 13.1 Å². The molecule has 4 rings (SSSR count). The Bertz CT molecular complexity index is 1140. The Morgan fingerprint density at radius 3 is 2.36 bits per heavy atom. The summed E-state index contributed by atoms with van der Waals surface area (Å²) in [6.45, 7) is 3.38. The molecule has 1 aliphatic rings. The van der Waals surface area contributed by atoms with Crippen LogP contribution < -0.4 is 5.32 Å². The number of nitrogens with one attached hydrogen (secondary N) is 1. The number of piperidine rings is 1. The molecule has 3 atom stereocenters. The van der Waals surface area contributed by atoms with Gasteiger partial charge in [-0.3, -0.25) is 9.69 Å². The van der Waals surface area contributed by atoms with Crippen molar-refractivity contribution in [2.45, 2.75) is 38.3 Å². The van der Waals surface area contributed by atoms with Crippen LogP contribution in [0.5, 0.6) is 0 Å². The molecule has 5 nitrogen and oxygen atoms in total. The molecule has 0 bridgehead atoms. The molecular weight excluding hydrogens is 455 g/mol. The molecule has 188 valence electrons. The zero-order valence-electron chi connectivity index (χ0n) is 20.6. The summed E-state index contributed by atoms with van der Waals surface area (Å²) in [4.78, 5) is 28.3. The van der Waals surface area contributed by atoms with Crippen molar-refractivity contribution in [2.24, 2.45) is 5.92 Å². The number of esters is 1. The number of ketones is 1. The van der Waals surface area contributed by atoms with E-state index in [2.05, 4.69) is 12.2 Å². The molecule has 1 saturated heterocycles. The molecule has 0 spiro atoms. The smallest absolute Gasteiger partial charge is 0.333 e. The highest BCUT2D eigenvalue weighted by Gasteiger charge is 2.34. The second kappa shape index (κ2) is 12.5. The first-order valence-corrected chi connectivity index (χ1v) is 12.6. The maximum Gasteiger partial charge on any atom is 0.333 e. The Kier molecular flexibility index (Phi) is 8.85. The van der Waals surface area contributed by atoms with Crippen molar-refractivity contribution in [1.29, 1.82) is 0 Å². The highest BCUT2D eigenvalue weighted by atomic mass is 19.1. The van der Waals surface area contributed by atoms with E-state index in [9.17, 15) is 14.0 Å². The lowest BCUT2D eigenvalue weighted by Gasteiger charge is -2.38. The number of rotatable bonds is 10. The molecule has 36 heavy (non-hydrogen) atoms. The summed E-state index contributed by atoms with van der Waals surface area (Å²) in [5, 5.41) is 3.32. The van der Waals surface area contributed by atoms with Crippen LogP contribution in [0.2, 0.25) is 0 Å². The molecule has 3 unspecified atom stereocenters. The molecule has 3 aromatic rings. The molecule has 1 aliphatic heterocycles. The van der Waals surface area contributed by atoms with Gasteiger partial charge < -0.3 is 10.1 Å². The molecule has 1 fully saturated rings. The van der Waals surface area contributed by atoms with Crippen molar-refractivity contribution in [3.05, 3.63) is 102 Å². The van der Waals surface area contributed by atoms with E-state index in [4.69, 9.17) is 4.74 Å². The third-order valence-electron chi connectivity index (χ3n) is 6.70. The van der Waals surface area contributed by atoms with Gasteiger partial charge in [-0.1, -0.05) is 74.0 Å². The predicted molar refractivity (Wildman–Crippen MR) is 139 cm³/mol. The number of ether oxygens (including phenoxy) is 1. The minimum absolute atomic E-state index is 0.0953. The summed E-state index contributed by atoms with van der Waals surface area (Å²) in [6.07, 6.45) is 2.40. The van der Waals surface area contributed by atoms with Gasteiger partial charge in [0.2, 0.25) is 0 Å². The van der Waals surface area contributed by atoms with Gasteiger partial charge in [-0.15, -0.1) is 0 Å². The van der Waals surface area contributed by atoms with E-state index >= 15 is 0 Å². The van der Waals surface area contributed by atoms with Gasteiger partial charge in [0, 0.05) is 12.2 Å². The van der Waals surface area contributed by atoms with Gasteiger partial charge >= 0.3 is 5.97 Å². The van der Waals surface area contributed by atoms with Crippen LogP contribution in [0, 0.1) is 11.7 Å². The number of likely N-dealkylation sites (tertiary alicyclic amines) is 1. The molecule has 0 saturated carbocycles. The molecule has 3 aromatic carbocycles. The van der Waals surface area contributed by atoms with Gasteiger partial charge in [-0.05, 0) is 55.1 Å². The number of benzene rings is 3. The number of Topliss-reactive ketones (excluding diaryl/α,β-unsaturated/α-hetero) is 1. The molecule has 0 radical (unpaired) electrons. The second-order valence-electron chi connectivity index (χ2n) is 9.30. The first kappa shape index (κ1) is 25.6. The SMILES string of the molecule is CCCC1CCN(CC(=O)c2ccccc2F)CC1OC(=O)C(Nc1ccccc1)c1ccccc1. The Balaban J connectivity index is 1.49. The van der Waals surface area contributed by atoms with Crippen LogP contribution in [0.3, 0.4) is 0 Å². The van der Waals surface area contributed by atoms with E-state index in [1.54, 1.807) is 12.1 Å². The van der Waals surface area contributed by atoms with E-state index in [1.165, 1.54) is 12.1 Å². The minimum atomic E-state index is -0.661. The quantitative estimate of drug-likeness (QED) is 0.285. The van der Waals surface area contributed by atoms with Crippen molar-refractivity contribution in [1.82, 2.24) is 4.90 Å². The van der Waals surface area contributed by atoms with E-state index in [1.807, 2.05) is 65.6 Å². The molecule has 1 N–H and O–H groups in total. The zero-order valence-corrected chi connectivity index (χ0v) is 20.6. The summed E-state index contributed by atoms with van der Waals surface area (Å²) in [5.41, 5.74) is 1.74. The van der Waals surface area contributed by atoms with Crippen LogP contribution >= 0.6 is 0 Å². The maximum absolute atomic E-state index is 14.1. The largest absolute Gasteiger partial charge is 0.459 e. The number of halogens is 1. The van der Waals surface area contributed by atoms with Gasteiger partial charge in [0.1, 0.15) is 11.9 Å². The number of hydrogen-bond donors (Lipinski definition) is 1. The molecule has 0 amide bonds. The average Bonchev–Trinajstić information content (AvgIpc) is 2.90. The van der Waals surface area contributed by atoms with Crippen LogP contribution in [0.1, 0.15) is 48.1 Å². The minimum Gasteiger partial charge on any atom is -0.459 e. The van der Waals surface area contributed by atoms with Crippen molar-refractivity contribution < 1.29 is 18.7 Å². The first-order valence-electron chi connectivity index (χ1n) is 12.6. The van der Waals surface area contributed by atoms with Gasteiger partial charge in [0.15, 0.2) is 11.8 Å². The molecule has 1 heterocycles. The fourth-order valence-corrected chi connectivity index (χ4v) is 4.82. The van der Waals surface area contributed by atoms with Crippen molar-refractivity contribution in [3.63, 3.8) is 0 Å². The number of carbonyl (C=O) groups excluding carboxylic acids is 2. The summed E-state index contributed by atoms with van der Waals surface area (Å²) in [6, 6.07) is 24.5. The number of hydrogen-bond acceptors (Lipinski definition) is 5. The normalized spacial score (nSPS) is 18.8. The van der Waals surface area contributed by atoms with Crippen molar-refractivity contribution in [3.8, 4) is 0 Å². The van der Waals surface area contributed by atoms with Crippen molar-refractivity contribution in [2.75, 3.05) is 25.0 Å². The molecule has 6 heteroatoms. The predicted octanol–water partition coefficient (Wildman–Crippen LogP) is 5.90. The van der Waals surface area contributed by atoms with Crippen LogP contribution in [-0.4, -0.2) is 42.4 Å². The summed E-state index contributed by atoms with van der Waals surface area (Å²) < 4.78 is 20.3. The first-order chi connectivity index (χ1) is 17.5. The van der Waals surface area contributed by atoms with Crippen LogP contribution in [0.25, 0.3) is 0 Å². The Labute approximate surface area is 212 Å². The van der Waals surface area contributed by atoms with Gasteiger partial charge in [-0.25, -0.2) is 9.18 Å². The Morgan fingerprint density at radius 1 is 1.00 bits per heavy atom. The number of carbonyl (C=O) groups is 2. The monoisotopic (exact) mass is 488 g/mol. The lowest BCUT2D eigenvalue weighted by molar-refractivity contribution is -0.156. The van der Waals surface area contributed by atoms with Gasteiger partial charge in [0.05, 0.1) is 12.1 Å². The second-order valence-corrected chi connectivity index (χ2v) is 9.30. The van der Waals surface area contributed by atoms with Crippen LogP contribution in [0.4, 0.5) is 10.1 Å².